The molecule has 1 rings (SSSR count). The highest BCUT2D eigenvalue weighted by atomic mass is 19.2. The van der Waals surface area contributed by atoms with Gasteiger partial charge >= 0.3 is 11.8 Å². The predicted molar refractivity (Wildman–Crippen MR) is 20.2 cm³/mol. The minimum Gasteiger partial charge on any atom is -0.412 e. The van der Waals surface area contributed by atoms with Crippen LogP contribution in [0.3, 0.4) is 0 Å². The lowest BCUT2D eigenvalue weighted by Gasteiger charge is -1.82. The Kier molecular flexibility index (Phi) is 0.629. The first-order valence-corrected chi connectivity index (χ1v) is 2.11. The molecule has 0 spiro atoms. The van der Waals surface area contributed by atoms with E-state index in [1.807, 2.05) is 0 Å². The fourth-order valence-electron chi connectivity index (χ4n) is 0.338. The second-order valence-electron chi connectivity index (χ2n) is 1.47. The van der Waals surface area contributed by atoms with E-state index >= 15 is 0 Å². The van der Waals surface area contributed by atoms with E-state index in [4.69, 9.17) is 0 Å². The molecule has 0 amide bonds. The van der Waals surface area contributed by atoms with Gasteiger partial charge in [-0.1, -0.05) is 6.92 Å². The van der Waals surface area contributed by atoms with Crippen LogP contribution in [0.2, 0.25) is 0 Å². The van der Waals surface area contributed by atoms with Crippen LogP contribution in [0.5, 0.6) is 0 Å². The van der Waals surface area contributed by atoms with Crippen LogP contribution in [0.1, 0.15) is 13.3 Å². The summed E-state index contributed by atoms with van der Waals surface area (Å²) >= 11 is 0. The highest BCUT2D eigenvalue weighted by molar-refractivity contribution is 5.90. The summed E-state index contributed by atoms with van der Waals surface area (Å²) in [6, 6.07) is 0. The van der Waals surface area contributed by atoms with Crippen LogP contribution < -0.4 is 0 Å². The number of epoxide rings is 1. The largest absolute Gasteiger partial charge is 0.412 e. The van der Waals surface area contributed by atoms with E-state index in [1.165, 1.54) is 0 Å². The molecule has 1 atom stereocenters. The third-order valence-electron chi connectivity index (χ3n) is 0.972. The lowest BCUT2D eigenvalue weighted by atomic mass is 10.3. The molecule has 1 unspecified atom stereocenters. The maximum absolute atomic E-state index is 12.1. The molecule has 1 saturated heterocycles. The van der Waals surface area contributed by atoms with Gasteiger partial charge < -0.3 is 4.74 Å². The van der Waals surface area contributed by atoms with Crippen molar-refractivity contribution in [3.63, 3.8) is 0 Å². The Morgan fingerprint density at radius 3 is 2.43 bits per heavy atom. The van der Waals surface area contributed by atoms with Crippen molar-refractivity contribution in [2.75, 3.05) is 0 Å². The minimum absolute atomic E-state index is 0.131. The third kappa shape index (κ3) is 0.480. The van der Waals surface area contributed by atoms with Gasteiger partial charge in [0.05, 0.1) is 0 Å². The summed E-state index contributed by atoms with van der Waals surface area (Å²) < 4.78 is 16.0. The van der Waals surface area contributed by atoms with E-state index in [-0.39, 0.29) is 6.42 Å². The molecule has 0 aromatic carbocycles. The molecule has 2 nitrogen and oxygen atoms in total. The topological polar surface area (TPSA) is 29.6 Å². The molecule has 0 bridgehead atoms. The average molecular weight is 104 g/mol. The van der Waals surface area contributed by atoms with Crippen LogP contribution in [0, 0.1) is 0 Å². The minimum atomic E-state index is -1.89. The molecule has 40 valence electrons. The fourth-order valence-corrected chi connectivity index (χ4v) is 0.338. The van der Waals surface area contributed by atoms with Crippen molar-refractivity contribution in [1.29, 1.82) is 0 Å². The van der Waals surface area contributed by atoms with Crippen molar-refractivity contribution >= 4 is 5.97 Å². The number of hydrogen-bond acceptors (Lipinski definition) is 2. The molecular formula is C4H5FO2. The second kappa shape index (κ2) is 0.967. The van der Waals surface area contributed by atoms with Gasteiger partial charge in [0.15, 0.2) is 0 Å². The molecule has 0 aromatic rings. The highest BCUT2D eigenvalue weighted by Crippen LogP contribution is 2.33. The van der Waals surface area contributed by atoms with E-state index < -0.39 is 11.8 Å². The van der Waals surface area contributed by atoms with Crippen LogP contribution in [0.25, 0.3) is 0 Å². The van der Waals surface area contributed by atoms with Gasteiger partial charge in [0, 0.05) is 6.42 Å². The Morgan fingerprint density at radius 1 is 2.00 bits per heavy atom. The number of carbonyl (C=O) groups excluding carboxylic acids is 1. The lowest BCUT2D eigenvalue weighted by Crippen LogP contribution is -1.99. The van der Waals surface area contributed by atoms with Gasteiger partial charge in [-0.3, -0.25) is 0 Å². The fraction of sp³-hybridized carbons (Fsp3) is 0.750. The Labute approximate surface area is 40.3 Å². The Bertz CT molecular complexity index is 112. The lowest BCUT2D eigenvalue weighted by molar-refractivity contribution is -0.117. The zero-order valence-electron chi connectivity index (χ0n) is 3.90. The summed E-state index contributed by atoms with van der Waals surface area (Å²) in [6.45, 7) is 1.56. The monoisotopic (exact) mass is 104 g/mol. The number of alkyl halides is 1. The zero-order chi connectivity index (χ0) is 5.49. The molecule has 3 heteroatoms. The first-order valence-electron chi connectivity index (χ1n) is 2.11. The van der Waals surface area contributed by atoms with Crippen LogP contribution in [-0.2, 0) is 9.53 Å². The smallest absolute Gasteiger partial charge is 0.387 e. The average Bonchev–Trinajstić information content (AvgIpc) is 2.18. The standard InChI is InChI=1S/C4H5FO2/c1-2-4(5)3(6)7-4/h2H2,1H3. The van der Waals surface area contributed by atoms with E-state index in [0.717, 1.165) is 0 Å². The van der Waals surface area contributed by atoms with Crippen molar-refractivity contribution in [1.82, 2.24) is 0 Å². The van der Waals surface area contributed by atoms with Gasteiger partial charge in [0.25, 0.3) is 0 Å². The van der Waals surface area contributed by atoms with Crippen molar-refractivity contribution in [2.45, 2.75) is 19.2 Å². The zero-order valence-corrected chi connectivity index (χ0v) is 3.90. The number of ether oxygens (including phenoxy) is 1. The summed E-state index contributed by atoms with van der Waals surface area (Å²) in [7, 11) is 0. The normalized spacial score (nSPS) is 37.7. The summed E-state index contributed by atoms with van der Waals surface area (Å²) in [6.07, 6.45) is 0.131. The van der Waals surface area contributed by atoms with Gasteiger partial charge in [-0.15, -0.1) is 0 Å². The van der Waals surface area contributed by atoms with Crippen LogP contribution >= 0.6 is 0 Å². The van der Waals surface area contributed by atoms with E-state index in [2.05, 4.69) is 4.74 Å². The first kappa shape index (κ1) is 4.56. The van der Waals surface area contributed by atoms with Gasteiger partial charge in [0.2, 0.25) is 0 Å². The van der Waals surface area contributed by atoms with Gasteiger partial charge in [-0.25, -0.2) is 4.79 Å². The van der Waals surface area contributed by atoms with Gasteiger partial charge in [-0.05, 0) is 0 Å². The predicted octanol–water partition coefficient (Wildman–Crippen LogP) is 0.619. The highest BCUT2D eigenvalue weighted by Gasteiger charge is 2.57. The molecule has 0 radical (unpaired) electrons. The molecule has 1 heterocycles. The van der Waals surface area contributed by atoms with Crippen molar-refractivity contribution in [3.8, 4) is 0 Å². The van der Waals surface area contributed by atoms with Crippen LogP contribution in [0.15, 0.2) is 0 Å². The van der Waals surface area contributed by atoms with E-state index in [9.17, 15) is 9.18 Å². The molecule has 0 N–H and O–H groups in total. The van der Waals surface area contributed by atoms with Crippen molar-refractivity contribution in [3.05, 3.63) is 0 Å². The van der Waals surface area contributed by atoms with Crippen LogP contribution in [-0.4, -0.2) is 11.8 Å². The first-order chi connectivity index (χ1) is 3.19. The molecule has 1 aliphatic heterocycles. The van der Waals surface area contributed by atoms with Crippen LogP contribution in [0.4, 0.5) is 4.39 Å². The Balaban J connectivity index is 2.52. The SMILES string of the molecule is CCC1(F)OC1=O. The summed E-state index contributed by atoms with van der Waals surface area (Å²) in [5.74, 6) is -2.62. The number of hydrogen-bond donors (Lipinski definition) is 0. The molecule has 0 saturated carbocycles. The molecular weight excluding hydrogens is 99.0 g/mol. The molecule has 7 heavy (non-hydrogen) atoms. The molecule has 1 fully saturated rings. The quantitative estimate of drug-likeness (QED) is 0.456. The number of halogens is 1. The van der Waals surface area contributed by atoms with Gasteiger partial charge in [-0.2, -0.15) is 4.39 Å². The maximum atomic E-state index is 12.1. The second-order valence-corrected chi connectivity index (χ2v) is 1.47. The van der Waals surface area contributed by atoms with Gasteiger partial charge in [0.1, 0.15) is 0 Å². The number of rotatable bonds is 1. The van der Waals surface area contributed by atoms with E-state index in [1.54, 1.807) is 6.92 Å². The number of cyclic esters (lactones) is 1. The summed E-state index contributed by atoms with van der Waals surface area (Å²) in [4.78, 5) is 9.84. The molecule has 0 aromatic heterocycles. The van der Waals surface area contributed by atoms with E-state index in [0.29, 0.717) is 0 Å². The van der Waals surface area contributed by atoms with Crippen molar-refractivity contribution < 1.29 is 13.9 Å². The Hall–Kier alpha value is -0.600. The third-order valence-corrected chi connectivity index (χ3v) is 0.972. The summed E-state index contributed by atoms with van der Waals surface area (Å²) in [5.41, 5.74) is 0. The molecule has 1 aliphatic rings. The molecule has 0 aliphatic carbocycles. The summed E-state index contributed by atoms with van der Waals surface area (Å²) in [5, 5.41) is 0. The number of carbonyl (C=O) groups is 1. The maximum Gasteiger partial charge on any atom is 0.387 e. The van der Waals surface area contributed by atoms with Crippen molar-refractivity contribution in [2.24, 2.45) is 0 Å². The Morgan fingerprint density at radius 2 is 2.43 bits per heavy atom.